The number of aromatic nitrogens is 1. The van der Waals surface area contributed by atoms with E-state index in [0.29, 0.717) is 29.0 Å². The van der Waals surface area contributed by atoms with Crippen LogP contribution in [0.3, 0.4) is 0 Å². The molecule has 2 heterocycles. The molecule has 0 amide bonds. The van der Waals surface area contributed by atoms with Crippen LogP contribution in [-0.2, 0) is 19.9 Å². The number of sulfonamides is 1. The zero-order valence-electron chi connectivity index (χ0n) is 13.3. The minimum atomic E-state index is -3.82. The molecule has 1 aromatic carbocycles. The summed E-state index contributed by atoms with van der Waals surface area (Å²) in [6, 6.07) is 6.09. The maximum Gasteiger partial charge on any atom is 0.241 e. The number of nitrogens with zero attached hydrogens (tertiary/aromatic N) is 1. The lowest BCUT2D eigenvalue weighted by molar-refractivity contribution is 0.427. The summed E-state index contributed by atoms with van der Waals surface area (Å²) in [6.07, 6.45) is 0.293. The topological polar surface area (TPSA) is 106 Å². The quantitative estimate of drug-likeness (QED) is 0.872. The van der Waals surface area contributed by atoms with E-state index in [0.717, 1.165) is 0 Å². The van der Waals surface area contributed by atoms with Gasteiger partial charge in [0.25, 0.3) is 0 Å². The molecule has 1 aliphatic rings. The predicted octanol–water partition coefficient (Wildman–Crippen LogP) is 1.42. The van der Waals surface area contributed by atoms with E-state index in [1.54, 1.807) is 32.0 Å². The molecule has 0 saturated carbocycles. The first-order valence-electron chi connectivity index (χ1n) is 7.43. The Kier molecular flexibility index (Phi) is 4.27. The van der Waals surface area contributed by atoms with Crippen LogP contribution in [0, 0.1) is 13.8 Å². The van der Waals surface area contributed by atoms with Gasteiger partial charge in [0.05, 0.1) is 22.1 Å². The molecular formula is C15H18N2O5S2. The fourth-order valence-electron chi connectivity index (χ4n) is 2.71. The minimum absolute atomic E-state index is 0.0105. The Labute approximate surface area is 141 Å². The van der Waals surface area contributed by atoms with E-state index in [4.69, 9.17) is 4.52 Å². The van der Waals surface area contributed by atoms with Crippen LogP contribution >= 0.6 is 0 Å². The fraction of sp³-hybridized carbons (Fsp3) is 0.400. The van der Waals surface area contributed by atoms with E-state index in [1.165, 1.54) is 6.07 Å². The summed E-state index contributed by atoms with van der Waals surface area (Å²) in [5, 5.41) is 3.80. The van der Waals surface area contributed by atoms with E-state index >= 15 is 0 Å². The third-order valence-electron chi connectivity index (χ3n) is 3.94. The number of sulfone groups is 1. The van der Waals surface area contributed by atoms with Gasteiger partial charge in [0, 0.05) is 17.7 Å². The number of benzene rings is 1. The van der Waals surface area contributed by atoms with Crippen LogP contribution in [0.15, 0.2) is 33.7 Å². The van der Waals surface area contributed by atoms with Gasteiger partial charge in [0.1, 0.15) is 0 Å². The summed E-state index contributed by atoms with van der Waals surface area (Å²) in [5.74, 6) is 0.329. The Morgan fingerprint density at radius 3 is 2.58 bits per heavy atom. The largest absolute Gasteiger partial charge is 0.356 e. The Morgan fingerprint density at radius 1 is 1.25 bits per heavy atom. The van der Waals surface area contributed by atoms with Crippen LogP contribution in [-0.4, -0.2) is 39.5 Å². The first kappa shape index (κ1) is 17.1. The fourth-order valence-corrected chi connectivity index (χ4v) is 6.03. The normalized spacial score (nSPS) is 20.3. The lowest BCUT2D eigenvalue weighted by Crippen LogP contribution is -2.35. The molecule has 130 valence electrons. The Bertz CT molecular complexity index is 977. The molecule has 1 aromatic heterocycles. The maximum absolute atomic E-state index is 12.7. The second-order valence-electron chi connectivity index (χ2n) is 6.03. The van der Waals surface area contributed by atoms with Gasteiger partial charge in [-0.25, -0.2) is 21.6 Å². The van der Waals surface area contributed by atoms with Gasteiger partial charge in [-0.05, 0) is 31.9 Å². The summed E-state index contributed by atoms with van der Waals surface area (Å²) in [6.45, 7) is 3.47. The summed E-state index contributed by atoms with van der Waals surface area (Å²) >= 11 is 0. The molecule has 1 N–H and O–H groups in total. The summed E-state index contributed by atoms with van der Waals surface area (Å²) in [7, 11) is -6.98. The highest BCUT2D eigenvalue weighted by molar-refractivity contribution is 7.92. The molecular weight excluding hydrogens is 352 g/mol. The van der Waals surface area contributed by atoms with Gasteiger partial charge in [0.2, 0.25) is 10.0 Å². The SMILES string of the molecule is Cc1cc(-c2ccc(C)c(S(=O)(=O)NC3CCS(=O)(=O)C3)c2)on1. The van der Waals surface area contributed by atoms with E-state index < -0.39 is 25.9 Å². The Balaban J connectivity index is 1.92. The van der Waals surface area contributed by atoms with Crippen molar-refractivity contribution in [3.05, 3.63) is 35.5 Å². The lowest BCUT2D eigenvalue weighted by atomic mass is 10.1. The molecule has 3 rings (SSSR count). The van der Waals surface area contributed by atoms with E-state index in [-0.39, 0.29) is 16.4 Å². The molecule has 0 radical (unpaired) electrons. The zero-order valence-corrected chi connectivity index (χ0v) is 14.9. The van der Waals surface area contributed by atoms with Crippen molar-refractivity contribution in [2.24, 2.45) is 0 Å². The summed E-state index contributed by atoms with van der Waals surface area (Å²) in [4.78, 5) is 0.110. The van der Waals surface area contributed by atoms with Crippen LogP contribution in [0.25, 0.3) is 11.3 Å². The highest BCUT2D eigenvalue weighted by Crippen LogP contribution is 2.26. The van der Waals surface area contributed by atoms with E-state index in [2.05, 4.69) is 9.88 Å². The van der Waals surface area contributed by atoms with E-state index in [1.807, 2.05) is 0 Å². The van der Waals surface area contributed by atoms with Gasteiger partial charge < -0.3 is 4.52 Å². The van der Waals surface area contributed by atoms with E-state index in [9.17, 15) is 16.8 Å². The van der Waals surface area contributed by atoms with Crippen molar-refractivity contribution in [2.75, 3.05) is 11.5 Å². The number of hydrogen-bond donors (Lipinski definition) is 1. The predicted molar refractivity (Wildman–Crippen MR) is 88.8 cm³/mol. The molecule has 2 aromatic rings. The highest BCUT2D eigenvalue weighted by atomic mass is 32.2. The Morgan fingerprint density at radius 2 is 2.00 bits per heavy atom. The molecule has 1 atom stereocenters. The maximum atomic E-state index is 12.7. The second kappa shape index (κ2) is 5.98. The highest BCUT2D eigenvalue weighted by Gasteiger charge is 2.32. The van der Waals surface area contributed by atoms with Crippen molar-refractivity contribution >= 4 is 19.9 Å². The lowest BCUT2D eigenvalue weighted by Gasteiger charge is -2.14. The van der Waals surface area contributed by atoms with Gasteiger partial charge in [0.15, 0.2) is 15.6 Å². The van der Waals surface area contributed by atoms with Gasteiger partial charge in [-0.2, -0.15) is 0 Å². The smallest absolute Gasteiger partial charge is 0.241 e. The third kappa shape index (κ3) is 3.52. The van der Waals surface area contributed by atoms with Crippen molar-refractivity contribution in [1.82, 2.24) is 9.88 Å². The van der Waals surface area contributed by atoms with Crippen LogP contribution in [0.1, 0.15) is 17.7 Å². The number of aryl methyl sites for hydroxylation is 2. The second-order valence-corrected chi connectivity index (χ2v) is 9.95. The van der Waals surface area contributed by atoms with Gasteiger partial charge in [-0.15, -0.1) is 0 Å². The molecule has 1 saturated heterocycles. The van der Waals surface area contributed by atoms with Crippen LogP contribution in [0.5, 0.6) is 0 Å². The molecule has 0 spiro atoms. The van der Waals surface area contributed by atoms with Crippen LogP contribution < -0.4 is 4.72 Å². The molecule has 24 heavy (non-hydrogen) atoms. The average Bonchev–Trinajstić information content (AvgIpc) is 3.04. The number of hydrogen-bond acceptors (Lipinski definition) is 6. The minimum Gasteiger partial charge on any atom is -0.356 e. The Hall–Kier alpha value is -1.71. The molecule has 0 bridgehead atoms. The third-order valence-corrected chi connectivity index (χ3v) is 7.37. The number of nitrogens with one attached hydrogen (secondary N) is 1. The molecule has 1 unspecified atom stereocenters. The van der Waals surface area contributed by atoms with Gasteiger partial charge in [-0.3, -0.25) is 0 Å². The van der Waals surface area contributed by atoms with Crippen molar-refractivity contribution in [3.63, 3.8) is 0 Å². The van der Waals surface area contributed by atoms with Gasteiger partial charge in [-0.1, -0.05) is 17.3 Å². The number of rotatable bonds is 4. The van der Waals surface area contributed by atoms with Crippen molar-refractivity contribution in [3.8, 4) is 11.3 Å². The first-order valence-corrected chi connectivity index (χ1v) is 10.7. The van der Waals surface area contributed by atoms with Crippen LogP contribution in [0.2, 0.25) is 0 Å². The monoisotopic (exact) mass is 370 g/mol. The molecule has 9 heteroatoms. The van der Waals surface area contributed by atoms with Crippen molar-refractivity contribution in [2.45, 2.75) is 31.2 Å². The molecule has 7 nitrogen and oxygen atoms in total. The zero-order chi connectivity index (χ0) is 17.5. The molecule has 1 aliphatic heterocycles. The summed E-state index contributed by atoms with van der Waals surface area (Å²) in [5.41, 5.74) is 1.87. The van der Waals surface area contributed by atoms with Crippen LogP contribution in [0.4, 0.5) is 0 Å². The van der Waals surface area contributed by atoms with Gasteiger partial charge >= 0.3 is 0 Å². The average molecular weight is 370 g/mol. The first-order chi connectivity index (χ1) is 11.2. The van der Waals surface area contributed by atoms with Crippen molar-refractivity contribution in [1.29, 1.82) is 0 Å². The standard InChI is InChI=1S/C15H18N2O5S2/c1-10-3-4-12(14-7-11(2)16-22-14)8-15(10)24(20,21)17-13-5-6-23(18,19)9-13/h3-4,7-8,13,17H,5-6,9H2,1-2H3. The molecule has 0 aliphatic carbocycles. The molecule has 1 fully saturated rings. The summed E-state index contributed by atoms with van der Waals surface area (Å²) < 4.78 is 56.0. The van der Waals surface area contributed by atoms with Crippen molar-refractivity contribution < 1.29 is 21.4 Å².